The van der Waals surface area contributed by atoms with Crippen molar-refractivity contribution < 1.29 is 4.84 Å². The van der Waals surface area contributed by atoms with Gasteiger partial charge in [-0.05, 0) is 19.9 Å². The fraction of sp³-hybridized carbons (Fsp3) is 0.333. The quantitative estimate of drug-likeness (QED) is 0.781. The van der Waals surface area contributed by atoms with Gasteiger partial charge in [0.05, 0.1) is 6.61 Å². The molecule has 0 saturated heterocycles. The summed E-state index contributed by atoms with van der Waals surface area (Å²) in [5.74, 6) is 5.13. The van der Waals surface area contributed by atoms with Gasteiger partial charge >= 0.3 is 0 Å². The van der Waals surface area contributed by atoms with Crippen LogP contribution in [0.2, 0.25) is 0 Å². The summed E-state index contributed by atoms with van der Waals surface area (Å²) in [7, 11) is 0. The van der Waals surface area contributed by atoms with E-state index in [1.807, 2.05) is 12.1 Å². The highest BCUT2D eigenvalue weighted by atomic mass is 16.6. The molecule has 2 rings (SSSR count). The fourth-order valence-corrected chi connectivity index (χ4v) is 1.91. The van der Waals surface area contributed by atoms with Crippen molar-refractivity contribution in [1.29, 1.82) is 0 Å². The molecule has 0 radical (unpaired) electrons. The van der Waals surface area contributed by atoms with Gasteiger partial charge in [0.25, 0.3) is 0 Å². The molecule has 1 aromatic carbocycles. The molecule has 0 atom stereocenters. The van der Waals surface area contributed by atoms with Crippen LogP contribution in [0.4, 0.5) is 0 Å². The third-order valence-corrected chi connectivity index (χ3v) is 2.62. The maximum absolute atomic E-state index is 5.13. The fourth-order valence-electron chi connectivity index (χ4n) is 1.91. The number of fused-ring (bicyclic) bond motifs is 1. The molecular formula is C12H16N2O. The van der Waals surface area contributed by atoms with E-state index in [9.17, 15) is 0 Å². The maximum Gasteiger partial charge on any atom is 0.0950 e. The lowest BCUT2D eigenvalue weighted by Gasteiger charge is -2.08. The number of benzene rings is 1. The van der Waals surface area contributed by atoms with Crippen LogP contribution in [0.15, 0.2) is 30.5 Å². The van der Waals surface area contributed by atoms with Crippen LogP contribution in [-0.4, -0.2) is 4.57 Å². The molecule has 1 aromatic heterocycles. The van der Waals surface area contributed by atoms with E-state index in [1.54, 1.807) is 0 Å². The molecule has 0 saturated carbocycles. The van der Waals surface area contributed by atoms with Crippen molar-refractivity contribution in [2.45, 2.75) is 26.5 Å². The molecular weight excluding hydrogens is 188 g/mol. The molecule has 0 spiro atoms. The topological polar surface area (TPSA) is 40.2 Å². The minimum atomic E-state index is 0.446. The number of nitrogens with two attached hydrogens (primary N) is 1. The Labute approximate surface area is 89.4 Å². The Kier molecular flexibility index (Phi) is 2.75. The lowest BCUT2D eigenvalue weighted by Crippen LogP contribution is -1.99. The number of nitrogens with zero attached hydrogens (tertiary/aromatic N) is 1. The van der Waals surface area contributed by atoms with Crippen molar-refractivity contribution in [3.05, 3.63) is 36.0 Å². The van der Waals surface area contributed by atoms with E-state index in [2.05, 4.69) is 36.7 Å². The van der Waals surface area contributed by atoms with Crippen molar-refractivity contribution in [2.24, 2.45) is 5.90 Å². The second-order valence-electron chi connectivity index (χ2n) is 3.98. The first kappa shape index (κ1) is 10.2. The SMILES string of the molecule is CC(C)n1cc(CON)c2ccccc21. The number of aromatic nitrogens is 1. The Hall–Kier alpha value is -1.32. The first-order chi connectivity index (χ1) is 7.24. The van der Waals surface area contributed by atoms with Gasteiger partial charge in [-0.3, -0.25) is 4.84 Å². The molecule has 3 nitrogen and oxygen atoms in total. The molecule has 0 aliphatic carbocycles. The standard InChI is InChI=1S/C12H16N2O/c1-9(2)14-7-10(8-15-13)11-5-3-4-6-12(11)14/h3-7,9H,8,13H2,1-2H3. The van der Waals surface area contributed by atoms with E-state index in [1.165, 1.54) is 10.9 Å². The highest BCUT2D eigenvalue weighted by Gasteiger charge is 2.09. The largest absolute Gasteiger partial charge is 0.345 e. The molecule has 80 valence electrons. The van der Waals surface area contributed by atoms with Gasteiger partial charge in [0.15, 0.2) is 0 Å². The molecule has 3 heteroatoms. The van der Waals surface area contributed by atoms with Crippen LogP contribution in [-0.2, 0) is 11.4 Å². The van der Waals surface area contributed by atoms with E-state index in [-0.39, 0.29) is 0 Å². The Balaban J connectivity index is 2.62. The maximum atomic E-state index is 5.13. The van der Waals surface area contributed by atoms with Crippen molar-refractivity contribution in [3.63, 3.8) is 0 Å². The summed E-state index contributed by atoms with van der Waals surface area (Å²) in [6.45, 7) is 4.79. The number of para-hydroxylation sites is 1. The molecule has 0 amide bonds. The second-order valence-corrected chi connectivity index (χ2v) is 3.98. The second kappa shape index (κ2) is 4.04. The van der Waals surface area contributed by atoms with Crippen LogP contribution in [0, 0.1) is 0 Å². The summed E-state index contributed by atoms with van der Waals surface area (Å²) in [6.07, 6.45) is 2.11. The Morgan fingerprint density at radius 1 is 1.33 bits per heavy atom. The molecule has 2 N–H and O–H groups in total. The minimum absolute atomic E-state index is 0.446. The molecule has 2 aromatic rings. The predicted octanol–water partition coefficient (Wildman–Crippen LogP) is 2.61. The summed E-state index contributed by atoms with van der Waals surface area (Å²) in [5, 5.41) is 1.22. The zero-order valence-corrected chi connectivity index (χ0v) is 9.10. The van der Waals surface area contributed by atoms with Crippen LogP contribution < -0.4 is 5.90 Å². The van der Waals surface area contributed by atoms with Gasteiger partial charge in [0.1, 0.15) is 0 Å². The molecule has 1 heterocycles. The highest BCUT2D eigenvalue weighted by Crippen LogP contribution is 2.24. The Morgan fingerprint density at radius 2 is 2.07 bits per heavy atom. The van der Waals surface area contributed by atoms with Crippen LogP contribution in [0.5, 0.6) is 0 Å². The summed E-state index contributed by atoms with van der Waals surface area (Å²) >= 11 is 0. The molecule has 0 aliphatic heterocycles. The van der Waals surface area contributed by atoms with Gasteiger partial charge in [-0.1, -0.05) is 18.2 Å². The minimum Gasteiger partial charge on any atom is -0.345 e. The summed E-state index contributed by atoms with van der Waals surface area (Å²) in [4.78, 5) is 4.72. The van der Waals surface area contributed by atoms with Crippen molar-refractivity contribution in [1.82, 2.24) is 4.57 Å². The van der Waals surface area contributed by atoms with Gasteiger partial charge in [-0.15, -0.1) is 0 Å². The molecule has 15 heavy (non-hydrogen) atoms. The van der Waals surface area contributed by atoms with Gasteiger partial charge in [-0.25, -0.2) is 5.90 Å². The van der Waals surface area contributed by atoms with Gasteiger partial charge in [-0.2, -0.15) is 0 Å². The summed E-state index contributed by atoms with van der Waals surface area (Å²) in [6, 6.07) is 8.75. The highest BCUT2D eigenvalue weighted by molar-refractivity contribution is 5.84. The molecule has 0 aliphatic rings. The number of hydrogen-bond donors (Lipinski definition) is 1. The lowest BCUT2D eigenvalue weighted by atomic mass is 10.2. The number of hydrogen-bond acceptors (Lipinski definition) is 2. The van der Waals surface area contributed by atoms with Crippen molar-refractivity contribution in [3.8, 4) is 0 Å². The predicted molar refractivity (Wildman–Crippen MR) is 61.3 cm³/mol. The van der Waals surface area contributed by atoms with Crippen molar-refractivity contribution >= 4 is 10.9 Å². The Bertz CT molecular complexity index is 460. The van der Waals surface area contributed by atoms with Crippen molar-refractivity contribution in [2.75, 3.05) is 0 Å². The monoisotopic (exact) mass is 204 g/mol. The lowest BCUT2D eigenvalue weighted by molar-refractivity contribution is 0.125. The average molecular weight is 204 g/mol. The van der Waals surface area contributed by atoms with Crippen LogP contribution >= 0.6 is 0 Å². The van der Waals surface area contributed by atoms with Crippen LogP contribution in [0.3, 0.4) is 0 Å². The summed E-state index contributed by atoms with van der Waals surface area (Å²) in [5.41, 5.74) is 2.38. The summed E-state index contributed by atoms with van der Waals surface area (Å²) < 4.78 is 2.24. The molecule has 0 unspecified atom stereocenters. The van der Waals surface area contributed by atoms with Gasteiger partial charge < -0.3 is 4.57 Å². The zero-order valence-electron chi connectivity index (χ0n) is 9.10. The van der Waals surface area contributed by atoms with E-state index in [0.29, 0.717) is 12.6 Å². The third-order valence-electron chi connectivity index (χ3n) is 2.62. The normalized spacial score (nSPS) is 11.5. The van der Waals surface area contributed by atoms with Crippen LogP contribution in [0.1, 0.15) is 25.5 Å². The van der Waals surface area contributed by atoms with E-state index >= 15 is 0 Å². The zero-order chi connectivity index (χ0) is 10.8. The smallest absolute Gasteiger partial charge is 0.0950 e. The molecule has 0 fully saturated rings. The van der Waals surface area contributed by atoms with E-state index in [0.717, 1.165) is 5.56 Å². The number of rotatable bonds is 3. The average Bonchev–Trinajstić information content (AvgIpc) is 2.59. The first-order valence-electron chi connectivity index (χ1n) is 5.14. The van der Waals surface area contributed by atoms with Crippen LogP contribution in [0.25, 0.3) is 10.9 Å². The Morgan fingerprint density at radius 3 is 2.73 bits per heavy atom. The van der Waals surface area contributed by atoms with Gasteiger partial charge in [0.2, 0.25) is 0 Å². The van der Waals surface area contributed by atoms with E-state index in [4.69, 9.17) is 10.7 Å². The first-order valence-corrected chi connectivity index (χ1v) is 5.14. The van der Waals surface area contributed by atoms with E-state index < -0.39 is 0 Å². The third kappa shape index (κ3) is 1.76. The van der Waals surface area contributed by atoms with Gasteiger partial charge in [0, 0.05) is 28.7 Å². The molecule has 0 bridgehead atoms.